The molecule has 0 spiro atoms. The Labute approximate surface area is 123 Å². The van der Waals surface area contributed by atoms with Crippen LogP contribution >= 0.6 is 0 Å². The van der Waals surface area contributed by atoms with Crippen molar-refractivity contribution >= 4 is 0 Å². The zero-order valence-corrected chi connectivity index (χ0v) is 13.6. The van der Waals surface area contributed by atoms with Gasteiger partial charge in [0.05, 0.1) is 13.7 Å². The molecule has 3 heteroatoms. The quantitative estimate of drug-likeness (QED) is 0.729. The third kappa shape index (κ3) is 6.29. The van der Waals surface area contributed by atoms with Gasteiger partial charge in [-0.3, -0.25) is 0 Å². The van der Waals surface area contributed by atoms with Crippen LogP contribution in [-0.4, -0.2) is 20.3 Å². The molecule has 0 aliphatic rings. The number of ether oxygens (including phenoxy) is 2. The maximum absolute atomic E-state index is 5.84. The lowest BCUT2D eigenvalue weighted by molar-refractivity contribution is 0.234. The third-order valence-corrected chi connectivity index (χ3v) is 3.09. The van der Waals surface area contributed by atoms with Gasteiger partial charge < -0.3 is 14.8 Å². The van der Waals surface area contributed by atoms with E-state index in [1.54, 1.807) is 7.11 Å². The lowest BCUT2D eigenvalue weighted by Gasteiger charge is -2.19. The molecular weight excluding hydrogens is 250 g/mol. The Balaban J connectivity index is 2.58. The van der Waals surface area contributed by atoms with Gasteiger partial charge in [0.25, 0.3) is 0 Å². The summed E-state index contributed by atoms with van der Waals surface area (Å²) in [5.74, 6) is 1.64. The molecule has 1 aromatic carbocycles. The van der Waals surface area contributed by atoms with Crippen molar-refractivity contribution in [1.29, 1.82) is 0 Å². The average Bonchev–Trinajstić information content (AvgIpc) is 2.39. The van der Waals surface area contributed by atoms with Gasteiger partial charge in [-0.1, -0.05) is 33.8 Å². The molecule has 0 unspecified atom stereocenters. The normalized spacial score (nSPS) is 11.4. The van der Waals surface area contributed by atoms with E-state index in [9.17, 15) is 0 Å². The van der Waals surface area contributed by atoms with Gasteiger partial charge in [0.2, 0.25) is 0 Å². The van der Waals surface area contributed by atoms with Gasteiger partial charge in [-0.25, -0.2) is 0 Å². The van der Waals surface area contributed by atoms with Crippen LogP contribution in [0.5, 0.6) is 11.5 Å². The lowest BCUT2D eigenvalue weighted by atomic mass is 9.93. The first kappa shape index (κ1) is 16.8. The highest BCUT2D eigenvalue weighted by atomic mass is 16.5. The van der Waals surface area contributed by atoms with Gasteiger partial charge in [0.1, 0.15) is 0 Å². The predicted molar refractivity (Wildman–Crippen MR) is 84.6 cm³/mol. The van der Waals surface area contributed by atoms with E-state index >= 15 is 0 Å². The second kappa shape index (κ2) is 8.15. The summed E-state index contributed by atoms with van der Waals surface area (Å²) in [7, 11) is 1.69. The molecule has 0 amide bonds. The van der Waals surface area contributed by atoms with Crippen LogP contribution in [0.25, 0.3) is 0 Å². The van der Waals surface area contributed by atoms with Crippen molar-refractivity contribution in [2.75, 3.05) is 20.3 Å². The Kier molecular flexibility index (Phi) is 6.86. The van der Waals surface area contributed by atoms with Crippen molar-refractivity contribution in [3.05, 3.63) is 23.8 Å². The van der Waals surface area contributed by atoms with Crippen LogP contribution in [-0.2, 0) is 6.54 Å². The molecular formula is C17H29NO2. The molecule has 0 atom stereocenters. The van der Waals surface area contributed by atoms with Crippen LogP contribution in [0.15, 0.2) is 18.2 Å². The largest absolute Gasteiger partial charge is 0.493 e. The van der Waals surface area contributed by atoms with E-state index in [1.807, 2.05) is 6.07 Å². The standard InChI is InChI=1S/C17H29NO2/c1-6-10-18-13-14-7-8-15(16(12-14)19-5)20-11-9-17(2,3)4/h7-8,12,18H,6,9-11,13H2,1-5H3. The molecule has 1 N–H and O–H groups in total. The number of benzene rings is 1. The van der Waals surface area contributed by atoms with E-state index in [-0.39, 0.29) is 5.41 Å². The van der Waals surface area contributed by atoms with E-state index in [2.05, 4.69) is 45.1 Å². The fraction of sp³-hybridized carbons (Fsp3) is 0.647. The highest BCUT2D eigenvalue weighted by molar-refractivity contribution is 5.42. The van der Waals surface area contributed by atoms with Crippen LogP contribution in [0, 0.1) is 5.41 Å². The topological polar surface area (TPSA) is 30.5 Å². The molecule has 0 saturated heterocycles. The minimum absolute atomic E-state index is 0.289. The summed E-state index contributed by atoms with van der Waals surface area (Å²) < 4.78 is 11.3. The average molecular weight is 279 g/mol. The zero-order valence-electron chi connectivity index (χ0n) is 13.6. The highest BCUT2D eigenvalue weighted by Gasteiger charge is 2.11. The summed E-state index contributed by atoms with van der Waals surface area (Å²) in [5.41, 5.74) is 1.51. The predicted octanol–water partition coefficient (Wildman–Crippen LogP) is 4.01. The molecule has 0 heterocycles. The van der Waals surface area contributed by atoms with Crippen LogP contribution in [0.3, 0.4) is 0 Å². The fourth-order valence-electron chi connectivity index (χ4n) is 1.82. The highest BCUT2D eigenvalue weighted by Crippen LogP contribution is 2.29. The van der Waals surface area contributed by atoms with E-state index < -0.39 is 0 Å². The first-order chi connectivity index (χ1) is 9.46. The molecule has 0 fully saturated rings. The minimum Gasteiger partial charge on any atom is -0.493 e. The van der Waals surface area contributed by atoms with Gasteiger partial charge in [0, 0.05) is 6.54 Å². The second-order valence-electron chi connectivity index (χ2n) is 6.32. The Morgan fingerprint density at radius 2 is 1.90 bits per heavy atom. The number of methoxy groups -OCH3 is 1. The van der Waals surface area contributed by atoms with E-state index in [1.165, 1.54) is 5.56 Å². The van der Waals surface area contributed by atoms with Crippen LogP contribution in [0.2, 0.25) is 0 Å². The molecule has 0 aliphatic carbocycles. The Bertz CT molecular complexity index is 396. The van der Waals surface area contributed by atoms with Crippen molar-refractivity contribution in [2.24, 2.45) is 5.41 Å². The van der Waals surface area contributed by atoms with Gasteiger partial charge in [-0.2, -0.15) is 0 Å². The first-order valence-corrected chi connectivity index (χ1v) is 7.46. The molecule has 0 radical (unpaired) electrons. The van der Waals surface area contributed by atoms with Crippen molar-refractivity contribution in [3.8, 4) is 11.5 Å². The van der Waals surface area contributed by atoms with Crippen molar-refractivity contribution in [2.45, 2.75) is 47.1 Å². The Morgan fingerprint density at radius 1 is 1.15 bits per heavy atom. The van der Waals surface area contributed by atoms with Crippen LogP contribution < -0.4 is 14.8 Å². The van der Waals surface area contributed by atoms with Crippen molar-refractivity contribution in [1.82, 2.24) is 5.32 Å². The van der Waals surface area contributed by atoms with Gasteiger partial charge in [-0.15, -0.1) is 0 Å². The maximum atomic E-state index is 5.84. The maximum Gasteiger partial charge on any atom is 0.161 e. The van der Waals surface area contributed by atoms with E-state index in [4.69, 9.17) is 9.47 Å². The number of hydrogen-bond donors (Lipinski definition) is 1. The minimum atomic E-state index is 0.289. The molecule has 0 saturated carbocycles. The third-order valence-electron chi connectivity index (χ3n) is 3.09. The van der Waals surface area contributed by atoms with Crippen LogP contribution in [0.1, 0.15) is 46.1 Å². The molecule has 114 valence electrons. The SMILES string of the molecule is CCCNCc1ccc(OCCC(C)(C)C)c(OC)c1. The summed E-state index contributed by atoms with van der Waals surface area (Å²) in [5, 5.41) is 3.39. The summed E-state index contributed by atoms with van der Waals surface area (Å²) in [4.78, 5) is 0. The number of hydrogen-bond acceptors (Lipinski definition) is 3. The Hall–Kier alpha value is -1.22. The fourth-order valence-corrected chi connectivity index (χ4v) is 1.82. The second-order valence-corrected chi connectivity index (χ2v) is 6.32. The summed E-state index contributed by atoms with van der Waals surface area (Å²) >= 11 is 0. The molecule has 0 aliphatic heterocycles. The Morgan fingerprint density at radius 3 is 2.50 bits per heavy atom. The van der Waals surface area contributed by atoms with E-state index in [0.717, 1.165) is 37.4 Å². The van der Waals surface area contributed by atoms with Gasteiger partial charge in [-0.05, 0) is 42.5 Å². The molecule has 0 aromatic heterocycles. The van der Waals surface area contributed by atoms with Crippen molar-refractivity contribution < 1.29 is 9.47 Å². The number of nitrogens with one attached hydrogen (secondary N) is 1. The molecule has 0 bridgehead atoms. The zero-order chi connectivity index (χ0) is 15.0. The first-order valence-electron chi connectivity index (χ1n) is 7.46. The molecule has 1 aromatic rings. The molecule has 3 nitrogen and oxygen atoms in total. The van der Waals surface area contributed by atoms with Crippen LogP contribution in [0.4, 0.5) is 0 Å². The van der Waals surface area contributed by atoms with E-state index in [0.29, 0.717) is 6.61 Å². The van der Waals surface area contributed by atoms with Gasteiger partial charge in [0.15, 0.2) is 11.5 Å². The monoisotopic (exact) mass is 279 g/mol. The smallest absolute Gasteiger partial charge is 0.161 e. The summed E-state index contributed by atoms with van der Waals surface area (Å²) in [6.07, 6.45) is 2.17. The number of rotatable bonds is 8. The van der Waals surface area contributed by atoms with Crippen molar-refractivity contribution in [3.63, 3.8) is 0 Å². The van der Waals surface area contributed by atoms with Gasteiger partial charge >= 0.3 is 0 Å². The summed E-state index contributed by atoms with van der Waals surface area (Å²) in [6.45, 7) is 11.4. The lowest BCUT2D eigenvalue weighted by Crippen LogP contribution is -2.14. The summed E-state index contributed by atoms with van der Waals surface area (Å²) in [6, 6.07) is 6.15. The molecule has 20 heavy (non-hydrogen) atoms. The molecule has 1 rings (SSSR count).